The Balaban J connectivity index is 1.67. The summed E-state index contributed by atoms with van der Waals surface area (Å²) in [5, 5.41) is 0.654. The van der Waals surface area contributed by atoms with E-state index in [0.717, 1.165) is 15.8 Å². The first kappa shape index (κ1) is 17.4. The van der Waals surface area contributed by atoms with Crippen LogP contribution in [0, 0.1) is 5.82 Å². The maximum absolute atomic E-state index is 13.2. The molecular formula is C22H17FN2OS. The number of hydrogen-bond acceptors (Lipinski definition) is 3. The highest BCUT2D eigenvalue weighted by Gasteiger charge is 2.21. The maximum atomic E-state index is 13.2. The first-order chi connectivity index (χ1) is 13.2. The summed E-state index contributed by atoms with van der Waals surface area (Å²) < 4.78 is 14.3. The molecule has 4 aromatic rings. The summed E-state index contributed by atoms with van der Waals surface area (Å²) in [7, 11) is 0. The molecule has 0 bridgehead atoms. The number of nitrogens with zero attached hydrogens (tertiary/aromatic N) is 2. The van der Waals surface area contributed by atoms with Gasteiger partial charge in [0.25, 0.3) is 5.91 Å². The molecule has 1 heterocycles. The van der Waals surface area contributed by atoms with Crippen LogP contribution in [0.5, 0.6) is 0 Å². The van der Waals surface area contributed by atoms with Gasteiger partial charge < -0.3 is 0 Å². The van der Waals surface area contributed by atoms with Gasteiger partial charge in [0.2, 0.25) is 0 Å². The molecule has 4 rings (SSSR count). The molecule has 0 atom stereocenters. The number of aromatic nitrogens is 1. The van der Waals surface area contributed by atoms with Crippen LogP contribution in [0.15, 0.2) is 78.9 Å². The van der Waals surface area contributed by atoms with E-state index in [1.807, 2.05) is 54.6 Å². The van der Waals surface area contributed by atoms with Crippen molar-refractivity contribution in [2.45, 2.75) is 6.42 Å². The molecule has 0 saturated carbocycles. The van der Waals surface area contributed by atoms with Crippen LogP contribution in [0.4, 0.5) is 9.52 Å². The van der Waals surface area contributed by atoms with E-state index in [1.165, 1.54) is 35.6 Å². The van der Waals surface area contributed by atoms with Gasteiger partial charge in [0, 0.05) is 12.1 Å². The Morgan fingerprint density at radius 2 is 1.63 bits per heavy atom. The number of fused-ring (bicyclic) bond motifs is 1. The Bertz CT molecular complexity index is 1030. The number of rotatable bonds is 5. The molecule has 0 aliphatic carbocycles. The molecule has 3 aromatic carbocycles. The van der Waals surface area contributed by atoms with Gasteiger partial charge in [0.15, 0.2) is 5.13 Å². The van der Waals surface area contributed by atoms with Gasteiger partial charge in [-0.3, -0.25) is 9.69 Å². The lowest BCUT2D eigenvalue weighted by Crippen LogP contribution is -2.32. The third-order valence-corrected chi connectivity index (χ3v) is 5.38. The van der Waals surface area contributed by atoms with Gasteiger partial charge >= 0.3 is 0 Å². The van der Waals surface area contributed by atoms with Crippen LogP contribution in [0.2, 0.25) is 0 Å². The van der Waals surface area contributed by atoms with Crippen molar-refractivity contribution in [2.75, 3.05) is 11.4 Å². The summed E-state index contributed by atoms with van der Waals surface area (Å²) in [6.45, 7) is 0.500. The van der Waals surface area contributed by atoms with Crippen molar-refractivity contribution in [3.8, 4) is 0 Å². The van der Waals surface area contributed by atoms with Crippen molar-refractivity contribution in [1.29, 1.82) is 0 Å². The van der Waals surface area contributed by atoms with Crippen LogP contribution in [-0.2, 0) is 6.42 Å². The molecule has 0 unspecified atom stereocenters. The average molecular weight is 376 g/mol. The third kappa shape index (κ3) is 3.88. The van der Waals surface area contributed by atoms with E-state index < -0.39 is 0 Å². The van der Waals surface area contributed by atoms with Gasteiger partial charge in [-0.25, -0.2) is 9.37 Å². The topological polar surface area (TPSA) is 33.2 Å². The maximum Gasteiger partial charge on any atom is 0.260 e. The molecule has 5 heteroatoms. The number of anilines is 1. The van der Waals surface area contributed by atoms with E-state index in [9.17, 15) is 9.18 Å². The van der Waals surface area contributed by atoms with Crippen LogP contribution in [-0.4, -0.2) is 17.4 Å². The lowest BCUT2D eigenvalue weighted by Gasteiger charge is -2.20. The number of halogens is 1. The zero-order valence-corrected chi connectivity index (χ0v) is 15.3. The average Bonchev–Trinajstić information content (AvgIpc) is 3.13. The van der Waals surface area contributed by atoms with Gasteiger partial charge in [-0.05, 0) is 48.4 Å². The molecule has 0 aliphatic heterocycles. The number of hydrogen-bond donors (Lipinski definition) is 0. The fraction of sp³-hybridized carbons (Fsp3) is 0.0909. The SMILES string of the molecule is O=C(c1ccc(F)cc1)N(CCc1ccccc1)c1nc2ccccc2s1. The molecule has 3 nitrogen and oxygen atoms in total. The number of benzene rings is 3. The van der Waals surface area contributed by atoms with Gasteiger partial charge in [0.1, 0.15) is 5.82 Å². The Hall–Kier alpha value is -3.05. The zero-order chi connectivity index (χ0) is 18.6. The first-order valence-corrected chi connectivity index (χ1v) is 9.49. The van der Waals surface area contributed by atoms with Gasteiger partial charge in [-0.1, -0.05) is 53.8 Å². The van der Waals surface area contributed by atoms with Crippen molar-refractivity contribution >= 4 is 32.6 Å². The third-order valence-electron chi connectivity index (χ3n) is 4.32. The minimum atomic E-state index is -0.359. The summed E-state index contributed by atoms with van der Waals surface area (Å²) in [5.41, 5.74) is 2.47. The number of carbonyl (C=O) groups excluding carboxylic acids is 1. The first-order valence-electron chi connectivity index (χ1n) is 8.67. The number of amides is 1. The molecule has 27 heavy (non-hydrogen) atoms. The summed E-state index contributed by atoms with van der Waals surface area (Å²) in [5.74, 6) is -0.535. The Morgan fingerprint density at radius 3 is 2.37 bits per heavy atom. The predicted molar refractivity (Wildman–Crippen MR) is 108 cm³/mol. The highest BCUT2D eigenvalue weighted by Crippen LogP contribution is 2.29. The molecule has 1 amide bonds. The van der Waals surface area contributed by atoms with E-state index in [-0.39, 0.29) is 11.7 Å². The second-order valence-electron chi connectivity index (χ2n) is 6.16. The van der Waals surface area contributed by atoms with E-state index >= 15 is 0 Å². The Morgan fingerprint density at radius 1 is 0.926 bits per heavy atom. The second kappa shape index (κ2) is 7.68. The largest absolute Gasteiger partial charge is 0.284 e. The van der Waals surface area contributed by atoms with Crippen molar-refractivity contribution in [1.82, 2.24) is 4.98 Å². The van der Waals surface area contributed by atoms with E-state index in [2.05, 4.69) is 4.98 Å². The minimum Gasteiger partial charge on any atom is -0.284 e. The zero-order valence-electron chi connectivity index (χ0n) is 14.5. The van der Waals surface area contributed by atoms with Crippen LogP contribution in [0.1, 0.15) is 15.9 Å². The smallest absolute Gasteiger partial charge is 0.260 e. The molecule has 0 aliphatic rings. The van der Waals surface area contributed by atoms with Crippen molar-refractivity contribution < 1.29 is 9.18 Å². The molecule has 134 valence electrons. The van der Waals surface area contributed by atoms with Gasteiger partial charge in [-0.15, -0.1) is 0 Å². The molecular weight excluding hydrogens is 359 g/mol. The Kier molecular flexibility index (Phi) is 4.94. The molecule has 1 aromatic heterocycles. The normalized spacial score (nSPS) is 10.9. The van der Waals surface area contributed by atoms with E-state index in [1.54, 1.807) is 4.90 Å². The highest BCUT2D eigenvalue weighted by atomic mass is 32.1. The number of para-hydroxylation sites is 1. The van der Waals surface area contributed by atoms with Crippen molar-refractivity contribution in [3.05, 3.63) is 95.8 Å². The molecule has 0 saturated heterocycles. The predicted octanol–water partition coefficient (Wildman–Crippen LogP) is 5.32. The van der Waals surface area contributed by atoms with Crippen molar-refractivity contribution in [2.24, 2.45) is 0 Å². The summed E-state index contributed by atoms with van der Waals surface area (Å²) >= 11 is 1.49. The van der Waals surface area contributed by atoms with E-state index in [4.69, 9.17) is 0 Å². The fourth-order valence-electron chi connectivity index (χ4n) is 2.89. The monoisotopic (exact) mass is 376 g/mol. The standard InChI is InChI=1S/C22H17FN2OS/c23-18-12-10-17(11-13-18)21(26)25(15-14-16-6-2-1-3-7-16)22-24-19-8-4-5-9-20(19)27-22/h1-13H,14-15H2. The number of carbonyl (C=O) groups is 1. The summed E-state index contributed by atoms with van der Waals surface area (Å²) in [6.07, 6.45) is 0.712. The van der Waals surface area contributed by atoms with Crippen LogP contribution in [0.25, 0.3) is 10.2 Å². The molecule has 0 N–H and O–H groups in total. The summed E-state index contributed by atoms with van der Waals surface area (Å²) in [4.78, 5) is 19.4. The molecule has 0 fully saturated rings. The summed E-state index contributed by atoms with van der Waals surface area (Å²) in [6, 6.07) is 23.5. The molecule has 0 radical (unpaired) electrons. The minimum absolute atomic E-state index is 0.176. The fourth-order valence-corrected chi connectivity index (χ4v) is 3.88. The van der Waals surface area contributed by atoms with Gasteiger partial charge in [-0.2, -0.15) is 0 Å². The van der Waals surface area contributed by atoms with Crippen molar-refractivity contribution in [3.63, 3.8) is 0 Å². The van der Waals surface area contributed by atoms with Crippen LogP contribution in [0.3, 0.4) is 0 Å². The lowest BCUT2D eigenvalue weighted by molar-refractivity contribution is 0.0987. The van der Waals surface area contributed by atoms with Crippen LogP contribution < -0.4 is 4.90 Å². The van der Waals surface area contributed by atoms with E-state index in [0.29, 0.717) is 23.7 Å². The molecule has 0 spiro atoms. The van der Waals surface area contributed by atoms with Gasteiger partial charge in [0.05, 0.1) is 10.2 Å². The lowest BCUT2D eigenvalue weighted by atomic mass is 10.1. The number of thiazole rings is 1. The Labute approximate surface area is 160 Å². The van der Waals surface area contributed by atoms with Crippen LogP contribution >= 0.6 is 11.3 Å². The second-order valence-corrected chi connectivity index (χ2v) is 7.17. The highest BCUT2D eigenvalue weighted by molar-refractivity contribution is 7.22. The quantitative estimate of drug-likeness (QED) is 0.472.